The normalized spacial score (nSPS) is 20.3. The van der Waals surface area contributed by atoms with Gasteiger partial charge in [-0.25, -0.2) is 0 Å². The third-order valence-corrected chi connectivity index (χ3v) is 3.94. The molecule has 1 aliphatic heterocycles. The highest BCUT2D eigenvalue weighted by Gasteiger charge is 2.14. The van der Waals surface area contributed by atoms with E-state index < -0.39 is 0 Å². The summed E-state index contributed by atoms with van der Waals surface area (Å²) in [7, 11) is 0. The predicted octanol–water partition coefficient (Wildman–Crippen LogP) is 4.41. The maximum absolute atomic E-state index is 4.92. The first-order valence-electron chi connectivity index (χ1n) is 7.29. The zero-order chi connectivity index (χ0) is 13.1. The van der Waals surface area contributed by atoms with Crippen LogP contribution in [0.2, 0.25) is 0 Å². The Balaban J connectivity index is 1.99. The van der Waals surface area contributed by atoms with Crippen molar-refractivity contribution in [3.05, 3.63) is 41.6 Å². The van der Waals surface area contributed by atoms with Crippen LogP contribution in [0.1, 0.15) is 43.7 Å². The van der Waals surface area contributed by atoms with Crippen LogP contribution in [-0.2, 0) is 12.8 Å². The van der Waals surface area contributed by atoms with Crippen LogP contribution in [0, 0.1) is 0 Å². The minimum atomic E-state index is 0.913. The number of hydrogen-bond donors (Lipinski definition) is 0. The molecule has 0 amide bonds. The fourth-order valence-electron chi connectivity index (χ4n) is 2.92. The van der Waals surface area contributed by atoms with Crippen molar-refractivity contribution in [2.45, 2.75) is 45.4 Å². The Hall–Kier alpha value is -1.70. The standard InChI is InChI=1S/C17H20N2/c1-2-15-17(11-6-12-18-15)19-16-10-5-8-13-7-3-4-9-14(13)16/h5-6,8,10,12H,2-4,7,9,11H2,1H3. The van der Waals surface area contributed by atoms with E-state index in [2.05, 4.69) is 36.2 Å². The highest BCUT2D eigenvalue weighted by Crippen LogP contribution is 2.30. The molecule has 2 heteroatoms. The molecule has 1 heterocycles. The molecule has 0 N–H and O–H groups in total. The van der Waals surface area contributed by atoms with Crippen LogP contribution >= 0.6 is 0 Å². The van der Waals surface area contributed by atoms with Gasteiger partial charge in [-0.05, 0) is 49.3 Å². The Kier molecular flexibility index (Phi) is 3.58. The van der Waals surface area contributed by atoms with E-state index in [4.69, 9.17) is 4.99 Å². The molecule has 1 aromatic rings. The maximum Gasteiger partial charge on any atom is 0.0668 e. The number of aliphatic imine (C=N–C) groups is 2. The SMILES string of the molecule is CCC1=NC=CCC1=Nc1cccc2c1CCCC2. The summed E-state index contributed by atoms with van der Waals surface area (Å²) < 4.78 is 0. The number of benzene rings is 1. The molecule has 1 aromatic carbocycles. The number of aryl methyl sites for hydroxylation is 1. The van der Waals surface area contributed by atoms with E-state index >= 15 is 0 Å². The van der Waals surface area contributed by atoms with Gasteiger partial charge in [0.2, 0.25) is 0 Å². The number of nitrogens with zero attached hydrogens (tertiary/aromatic N) is 2. The number of fused-ring (bicyclic) bond motifs is 1. The third kappa shape index (κ3) is 2.53. The minimum Gasteiger partial charge on any atom is -0.260 e. The average molecular weight is 252 g/mol. The maximum atomic E-state index is 4.92. The molecule has 0 radical (unpaired) electrons. The summed E-state index contributed by atoms with van der Waals surface area (Å²) in [6, 6.07) is 6.56. The van der Waals surface area contributed by atoms with Crippen molar-refractivity contribution in [1.29, 1.82) is 0 Å². The van der Waals surface area contributed by atoms with Crippen molar-refractivity contribution >= 4 is 17.1 Å². The lowest BCUT2D eigenvalue weighted by Gasteiger charge is -2.18. The molecule has 0 saturated carbocycles. The van der Waals surface area contributed by atoms with Crippen molar-refractivity contribution in [3.63, 3.8) is 0 Å². The molecule has 0 saturated heterocycles. The Bertz CT molecular complexity index is 565. The summed E-state index contributed by atoms with van der Waals surface area (Å²) >= 11 is 0. The minimum absolute atomic E-state index is 0.913. The van der Waals surface area contributed by atoms with Gasteiger partial charge in [0, 0.05) is 12.6 Å². The van der Waals surface area contributed by atoms with E-state index in [0.717, 1.165) is 24.3 Å². The van der Waals surface area contributed by atoms with Crippen molar-refractivity contribution in [3.8, 4) is 0 Å². The van der Waals surface area contributed by atoms with Gasteiger partial charge in [0.1, 0.15) is 0 Å². The molecule has 0 aromatic heterocycles. The van der Waals surface area contributed by atoms with Crippen LogP contribution in [-0.4, -0.2) is 11.4 Å². The summed E-state index contributed by atoms with van der Waals surface area (Å²) in [5.74, 6) is 0. The van der Waals surface area contributed by atoms with Gasteiger partial charge in [0.05, 0.1) is 17.1 Å². The van der Waals surface area contributed by atoms with Crippen LogP contribution in [0.5, 0.6) is 0 Å². The monoisotopic (exact) mass is 252 g/mol. The first kappa shape index (κ1) is 12.3. The zero-order valence-electron chi connectivity index (χ0n) is 11.5. The van der Waals surface area contributed by atoms with Gasteiger partial charge in [-0.1, -0.05) is 25.1 Å². The first-order chi connectivity index (χ1) is 9.38. The predicted molar refractivity (Wildman–Crippen MR) is 81.7 cm³/mol. The highest BCUT2D eigenvalue weighted by molar-refractivity contribution is 6.43. The third-order valence-electron chi connectivity index (χ3n) is 3.94. The lowest BCUT2D eigenvalue weighted by atomic mass is 9.90. The molecule has 2 aliphatic rings. The van der Waals surface area contributed by atoms with Gasteiger partial charge < -0.3 is 0 Å². The number of rotatable bonds is 2. The van der Waals surface area contributed by atoms with E-state index in [-0.39, 0.29) is 0 Å². The van der Waals surface area contributed by atoms with Gasteiger partial charge in [0.25, 0.3) is 0 Å². The summed E-state index contributed by atoms with van der Waals surface area (Å²) in [6.07, 6.45) is 10.9. The number of hydrogen-bond acceptors (Lipinski definition) is 2. The molecule has 0 atom stereocenters. The van der Waals surface area contributed by atoms with Crippen molar-refractivity contribution in [1.82, 2.24) is 0 Å². The smallest absolute Gasteiger partial charge is 0.0668 e. The van der Waals surface area contributed by atoms with Crippen LogP contribution in [0.3, 0.4) is 0 Å². The van der Waals surface area contributed by atoms with Crippen LogP contribution in [0.15, 0.2) is 40.5 Å². The van der Waals surface area contributed by atoms with Gasteiger partial charge in [-0.2, -0.15) is 0 Å². The molecule has 1 aliphatic carbocycles. The van der Waals surface area contributed by atoms with Crippen LogP contribution < -0.4 is 0 Å². The molecule has 2 nitrogen and oxygen atoms in total. The summed E-state index contributed by atoms with van der Waals surface area (Å²) in [5, 5.41) is 0. The molecule has 0 bridgehead atoms. The Morgan fingerprint density at radius 1 is 1.21 bits per heavy atom. The Morgan fingerprint density at radius 2 is 2.11 bits per heavy atom. The van der Waals surface area contributed by atoms with Gasteiger partial charge in [-0.15, -0.1) is 0 Å². The fraction of sp³-hybridized carbons (Fsp3) is 0.412. The lowest BCUT2D eigenvalue weighted by molar-refractivity contribution is 0.686. The molecule has 19 heavy (non-hydrogen) atoms. The fourth-order valence-corrected chi connectivity index (χ4v) is 2.92. The second-order valence-electron chi connectivity index (χ2n) is 5.20. The van der Waals surface area contributed by atoms with E-state index in [1.165, 1.54) is 42.5 Å². The Morgan fingerprint density at radius 3 is 3.00 bits per heavy atom. The molecule has 3 rings (SSSR count). The summed E-state index contributed by atoms with van der Waals surface area (Å²) in [5.41, 5.74) is 6.41. The molecule has 0 unspecified atom stereocenters. The topological polar surface area (TPSA) is 24.7 Å². The highest BCUT2D eigenvalue weighted by atomic mass is 14.8. The quantitative estimate of drug-likeness (QED) is 0.745. The van der Waals surface area contributed by atoms with E-state index in [0.29, 0.717) is 0 Å². The van der Waals surface area contributed by atoms with E-state index in [9.17, 15) is 0 Å². The summed E-state index contributed by atoms with van der Waals surface area (Å²) in [4.78, 5) is 9.36. The molecular formula is C17H20N2. The molecule has 0 spiro atoms. The Labute approximate surface area is 115 Å². The van der Waals surface area contributed by atoms with E-state index in [1.807, 2.05) is 6.20 Å². The van der Waals surface area contributed by atoms with Crippen molar-refractivity contribution in [2.24, 2.45) is 9.98 Å². The van der Waals surface area contributed by atoms with Crippen molar-refractivity contribution in [2.75, 3.05) is 0 Å². The largest absolute Gasteiger partial charge is 0.260 e. The lowest BCUT2D eigenvalue weighted by Crippen LogP contribution is -2.14. The molecule has 0 fully saturated rings. The van der Waals surface area contributed by atoms with Gasteiger partial charge in [-0.3, -0.25) is 9.98 Å². The first-order valence-corrected chi connectivity index (χ1v) is 7.29. The van der Waals surface area contributed by atoms with Gasteiger partial charge >= 0.3 is 0 Å². The molecular weight excluding hydrogens is 232 g/mol. The summed E-state index contributed by atoms with van der Waals surface area (Å²) in [6.45, 7) is 2.15. The van der Waals surface area contributed by atoms with Crippen molar-refractivity contribution < 1.29 is 0 Å². The second kappa shape index (κ2) is 5.52. The zero-order valence-corrected chi connectivity index (χ0v) is 11.5. The number of allylic oxidation sites excluding steroid dienone is 1. The average Bonchev–Trinajstić information content (AvgIpc) is 2.48. The van der Waals surface area contributed by atoms with Crippen LogP contribution in [0.25, 0.3) is 0 Å². The molecule has 98 valence electrons. The van der Waals surface area contributed by atoms with Gasteiger partial charge in [0.15, 0.2) is 0 Å². The van der Waals surface area contributed by atoms with Crippen LogP contribution in [0.4, 0.5) is 5.69 Å². The van der Waals surface area contributed by atoms with E-state index in [1.54, 1.807) is 0 Å². The second-order valence-corrected chi connectivity index (χ2v) is 5.20.